The molecule has 1 aromatic carbocycles. The monoisotopic (exact) mass is 383 g/mol. The third-order valence-corrected chi connectivity index (χ3v) is 5.78. The van der Waals surface area contributed by atoms with Crippen LogP contribution >= 0.6 is 0 Å². The standard InChI is InChI=1S/C22H25NO5/c1-13-19(22(26)28-12-16-4-3-11-27-16)20(14-7-9-15(24)10-8-14)21-17(23-13)5-2-6-18(21)25/h7-10,16,19-20,24H,2-6,11-12H2,1H3/t16-,19?,20+/m0/s1. The van der Waals surface area contributed by atoms with Gasteiger partial charge in [0.25, 0.3) is 0 Å². The molecule has 4 rings (SSSR count). The Morgan fingerprint density at radius 3 is 2.75 bits per heavy atom. The van der Waals surface area contributed by atoms with Gasteiger partial charge in [-0.25, -0.2) is 0 Å². The van der Waals surface area contributed by atoms with Crippen LogP contribution in [0, 0.1) is 5.92 Å². The van der Waals surface area contributed by atoms with Gasteiger partial charge in [-0.3, -0.25) is 14.6 Å². The van der Waals surface area contributed by atoms with Crippen LogP contribution in [0.2, 0.25) is 0 Å². The number of phenols is 1. The highest BCUT2D eigenvalue weighted by Gasteiger charge is 2.43. The number of aliphatic imine (C=N–C) groups is 1. The topological polar surface area (TPSA) is 85.2 Å². The second-order valence-electron chi connectivity index (χ2n) is 7.70. The molecule has 148 valence electrons. The Bertz CT molecular complexity index is 833. The lowest BCUT2D eigenvalue weighted by Gasteiger charge is -2.34. The molecule has 0 spiro atoms. The van der Waals surface area contributed by atoms with Crippen molar-refractivity contribution >= 4 is 17.5 Å². The molecule has 1 saturated heterocycles. The van der Waals surface area contributed by atoms with Crippen LogP contribution in [0.1, 0.15) is 50.5 Å². The van der Waals surface area contributed by atoms with Crippen LogP contribution < -0.4 is 0 Å². The smallest absolute Gasteiger partial charge is 0.315 e. The number of Topliss-reactive ketones (excluding diaryl/α,β-unsaturated/α-hetero) is 1. The summed E-state index contributed by atoms with van der Waals surface area (Å²) in [6.45, 7) is 2.76. The molecule has 1 N–H and O–H groups in total. The van der Waals surface area contributed by atoms with Crippen LogP contribution in [-0.2, 0) is 19.1 Å². The maximum atomic E-state index is 13.1. The Kier molecular flexibility index (Phi) is 5.31. The van der Waals surface area contributed by atoms with Crippen molar-refractivity contribution in [1.82, 2.24) is 0 Å². The van der Waals surface area contributed by atoms with Crippen molar-refractivity contribution < 1.29 is 24.2 Å². The number of rotatable bonds is 4. The van der Waals surface area contributed by atoms with E-state index >= 15 is 0 Å². The highest BCUT2D eigenvalue weighted by Crippen LogP contribution is 2.43. The number of esters is 1. The zero-order valence-corrected chi connectivity index (χ0v) is 16.0. The first-order valence-corrected chi connectivity index (χ1v) is 9.93. The predicted molar refractivity (Wildman–Crippen MR) is 103 cm³/mol. The summed E-state index contributed by atoms with van der Waals surface area (Å²) < 4.78 is 11.1. The number of hydrogen-bond donors (Lipinski definition) is 1. The normalized spacial score (nSPS) is 27.4. The lowest BCUT2D eigenvalue weighted by molar-refractivity contribution is -0.149. The van der Waals surface area contributed by atoms with Crippen molar-refractivity contribution in [1.29, 1.82) is 0 Å². The Morgan fingerprint density at radius 2 is 2.04 bits per heavy atom. The van der Waals surface area contributed by atoms with Gasteiger partial charge in [0.15, 0.2) is 5.78 Å². The van der Waals surface area contributed by atoms with Gasteiger partial charge in [-0.2, -0.15) is 0 Å². The molecule has 6 heteroatoms. The lowest BCUT2D eigenvalue weighted by Crippen LogP contribution is -2.38. The first-order valence-electron chi connectivity index (χ1n) is 9.93. The van der Waals surface area contributed by atoms with Crippen molar-refractivity contribution in [2.45, 2.75) is 51.0 Å². The highest BCUT2D eigenvalue weighted by atomic mass is 16.6. The van der Waals surface area contributed by atoms with E-state index in [9.17, 15) is 14.7 Å². The number of carbonyl (C=O) groups excluding carboxylic acids is 2. The zero-order valence-electron chi connectivity index (χ0n) is 16.0. The fourth-order valence-electron chi connectivity index (χ4n) is 4.39. The number of allylic oxidation sites excluding steroid dienone is 2. The van der Waals surface area contributed by atoms with Gasteiger partial charge in [0.05, 0.1) is 6.10 Å². The Morgan fingerprint density at radius 1 is 1.25 bits per heavy atom. The van der Waals surface area contributed by atoms with Gasteiger partial charge in [0.1, 0.15) is 18.3 Å². The molecule has 1 fully saturated rings. The molecular formula is C22H25NO5. The molecule has 0 aromatic heterocycles. The second-order valence-corrected chi connectivity index (χ2v) is 7.70. The molecule has 2 heterocycles. The van der Waals surface area contributed by atoms with Crippen LogP contribution in [0.4, 0.5) is 0 Å². The Labute approximate surface area is 164 Å². The highest BCUT2D eigenvalue weighted by molar-refractivity contribution is 6.08. The number of ether oxygens (including phenoxy) is 2. The molecule has 3 aliphatic rings. The van der Waals surface area contributed by atoms with Gasteiger partial charge >= 0.3 is 5.97 Å². The van der Waals surface area contributed by atoms with Gasteiger partial charge in [-0.15, -0.1) is 0 Å². The first-order chi connectivity index (χ1) is 13.5. The fraction of sp³-hybridized carbons (Fsp3) is 0.500. The lowest BCUT2D eigenvalue weighted by atomic mass is 9.72. The number of benzene rings is 1. The van der Waals surface area contributed by atoms with Crippen molar-refractivity contribution in [3.8, 4) is 5.75 Å². The molecule has 1 unspecified atom stereocenters. The van der Waals surface area contributed by atoms with Crippen LogP contribution in [0.15, 0.2) is 40.5 Å². The summed E-state index contributed by atoms with van der Waals surface area (Å²) in [6.07, 6.45) is 3.81. The molecule has 0 amide bonds. The average Bonchev–Trinajstić information content (AvgIpc) is 3.19. The maximum Gasteiger partial charge on any atom is 0.315 e. The summed E-state index contributed by atoms with van der Waals surface area (Å²) in [4.78, 5) is 30.5. The third kappa shape index (κ3) is 3.61. The van der Waals surface area contributed by atoms with Crippen molar-refractivity contribution in [2.24, 2.45) is 10.9 Å². The van der Waals surface area contributed by atoms with Gasteiger partial charge in [0, 0.05) is 35.9 Å². The predicted octanol–water partition coefficient (Wildman–Crippen LogP) is 3.30. The number of phenolic OH excluding ortho intramolecular Hbond substituents is 1. The summed E-state index contributed by atoms with van der Waals surface area (Å²) in [5, 5.41) is 9.66. The van der Waals surface area contributed by atoms with E-state index < -0.39 is 11.8 Å². The van der Waals surface area contributed by atoms with Crippen molar-refractivity contribution in [3.05, 3.63) is 41.1 Å². The fourth-order valence-corrected chi connectivity index (χ4v) is 4.39. The largest absolute Gasteiger partial charge is 0.508 e. The number of nitrogens with zero attached hydrogens (tertiary/aromatic N) is 1. The summed E-state index contributed by atoms with van der Waals surface area (Å²) >= 11 is 0. The van der Waals surface area contributed by atoms with E-state index in [1.807, 2.05) is 6.92 Å². The van der Waals surface area contributed by atoms with Crippen LogP contribution in [0.3, 0.4) is 0 Å². The van der Waals surface area contributed by atoms with Gasteiger partial charge in [0.2, 0.25) is 0 Å². The third-order valence-electron chi connectivity index (χ3n) is 5.78. The van der Waals surface area contributed by atoms with Crippen molar-refractivity contribution in [3.63, 3.8) is 0 Å². The molecule has 3 atom stereocenters. The average molecular weight is 383 g/mol. The molecule has 0 bridgehead atoms. The Balaban J connectivity index is 1.67. The molecule has 28 heavy (non-hydrogen) atoms. The summed E-state index contributed by atoms with van der Waals surface area (Å²) in [6, 6.07) is 6.70. The van der Waals surface area contributed by atoms with E-state index in [1.54, 1.807) is 24.3 Å². The molecule has 1 aliphatic carbocycles. The van der Waals surface area contributed by atoms with E-state index in [4.69, 9.17) is 9.47 Å². The number of aromatic hydroxyl groups is 1. The summed E-state index contributed by atoms with van der Waals surface area (Å²) in [5.41, 5.74) is 2.90. The van der Waals surface area contributed by atoms with E-state index in [0.29, 0.717) is 24.3 Å². The van der Waals surface area contributed by atoms with E-state index in [2.05, 4.69) is 4.99 Å². The van der Waals surface area contributed by atoms with E-state index in [-0.39, 0.29) is 30.2 Å². The zero-order chi connectivity index (χ0) is 19.7. The summed E-state index contributed by atoms with van der Waals surface area (Å²) in [5.74, 6) is -1.26. The number of hydrogen-bond acceptors (Lipinski definition) is 6. The minimum atomic E-state index is -0.647. The van der Waals surface area contributed by atoms with Gasteiger partial charge < -0.3 is 14.6 Å². The van der Waals surface area contributed by atoms with Crippen LogP contribution in [-0.4, -0.2) is 41.9 Å². The first kappa shape index (κ1) is 18.9. The van der Waals surface area contributed by atoms with E-state index in [0.717, 1.165) is 36.9 Å². The molecule has 2 aliphatic heterocycles. The number of ketones is 1. The van der Waals surface area contributed by atoms with Crippen LogP contribution in [0.25, 0.3) is 0 Å². The number of carbonyl (C=O) groups is 2. The van der Waals surface area contributed by atoms with Gasteiger partial charge in [-0.1, -0.05) is 12.1 Å². The second kappa shape index (κ2) is 7.87. The van der Waals surface area contributed by atoms with Gasteiger partial charge in [-0.05, 0) is 50.3 Å². The van der Waals surface area contributed by atoms with Crippen LogP contribution in [0.5, 0.6) is 5.75 Å². The Hall–Kier alpha value is -2.47. The molecule has 0 saturated carbocycles. The molecular weight excluding hydrogens is 358 g/mol. The quantitative estimate of drug-likeness (QED) is 0.807. The van der Waals surface area contributed by atoms with Crippen molar-refractivity contribution in [2.75, 3.05) is 13.2 Å². The minimum Gasteiger partial charge on any atom is -0.508 e. The molecule has 1 aromatic rings. The molecule has 6 nitrogen and oxygen atoms in total. The SMILES string of the molecule is CC1=NC2=C(C(=O)CCC2)[C@H](c2ccc(O)cc2)C1C(=O)OC[C@@H]1CCCO1. The molecule has 0 radical (unpaired) electrons. The van der Waals surface area contributed by atoms with E-state index in [1.165, 1.54) is 0 Å². The minimum absolute atomic E-state index is 0.0486. The maximum absolute atomic E-state index is 13.1. The summed E-state index contributed by atoms with van der Waals surface area (Å²) in [7, 11) is 0.